The third-order valence-corrected chi connectivity index (χ3v) is 5.30. The van der Waals surface area contributed by atoms with Gasteiger partial charge in [0.05, 0.1) is 6.04 Å². The summed E-state index contributed by atoms with van der Waals surface area (Å²) in [6, 6.07) is 3.94. The molecule has 33 heavy (non-hydrogen) atoms. The number of nitrogens with two attached hydrogens (primary N) is 2. The number of fused-ring (bicyclic) bond motifs is 1. The van der Waals surface area contributed by atoms with E-state index in [1.165, 1.54) is 0 Å². The largest absolute Gasteiger partial charge is 0.481 e. The van der Waals surface area contributed by atoms with Gasteiger partial charge in [-0.05, 0) is 37.4 Å². The lowest BCUT2D eigenvalue weighted by Crippen LogP contribution is -2.54. The highest BCUT2D eigenvalue weighted by Gasteiger charge is 2.29. The first-order chi connectivity index (χ1) is 15.7. The third-order valence-electron chi connectivity index (χ3n) is 5.30. The van der Waals surface area contributed by atoms with E-state index in [0.29, 0.717) is 31.4 Å². The number of carboxylic acid groups (broad SMARTS) is 2. The molecule has 0 radical (unpaired) electrons. The van der Waals surface area contributed by atoms with Gasteiger partial charge < -0.3 is 37.3 Å². The first-order valence-corrected chi connectivity index (χ1v) is 10.8. The molecule has 0 aliphatic carbocycles. The van der Waals surface area contributed by atoms with Crippen LogP contribution in [0.2, 0.25) is 0 Å². The van der Waals surface area contributed by atoms with Crippen molar-refractivity contribution in [2.45, 2.75) is 56.7 Å². The minimum absolute atomic E-state index is 0.00326. The van der Waals surface area contributed by atoms with E-state index in [0.717, 1.165) is 10.9 Å². The second-order valence-electron chi connectivity index (χ2n) is 7.85. The summed E-state index contributed by atoms with van der Waals surface area (Å²) >= 11 is 0. The normalized spacial score (nSPS) is 13.8. The predicted octanol–water partition coefficient (Wildman–Crippen LogP) is 0.0857. The lowest BCUT2D eigenvalue weighted by molar-refractivity contribution is -0.143. The molecule has 0 saturated heterocycles. The summed E-state index contributed by atoms with van der Waals surface area (Å²) in [6.45, 7) is 0.463. The highest BCUT2D eigenvalue weighted by Crippen LogP contribution is 2.19. The quantitative estimate of drug-likeness (QED) is 0.192. The molecule has 0 aliphatic heterocycles. The molecule has 2 rings (SSSR count). The average Bonchev–Trinajstić information content (AvgIpc) is 3.18. The van der Waals surface area contributed by atoms with E-state index in [2.05, 4.69) is 15.6 Å². The molecular weight excluding hydrogens is 430 g/mol. The van der Waals surface area contributed by atoms with Crippen molar-refractivity contribution in [3.05, 3.63) is 36.0 Å². The number of nitrogens with one attached hydrogen (secondary N) is 3. The zero-order chi connectivity index (χ0) is 24.4. The molecule has 9 N–H and O–H groups in total. The molecular formula is C22H31N5O6. The zero-order valence-corrected chi connectivity index (χ0v) is 18.3. The minimum atomic E-state index is -1.28. The monoisotopic (exact) mass is 461 g/mol. The van der Waals surface area contributed by atoms with E-state index >= 15 is 0 Å². The SMILES string of the molecule is NCCCCC(N)C(=O)NC(CCC(=O)O)C(=O)NC(Cc1c[nH]c2ccccc12)C(=O)O. The number of H-pyrrole nitrogens is 1. The fraction of sp³-hybridized carbons (Fsp3) is 0.455. The number of unbranched alkanes of at least 4 members (excludes halogenated alkanes) is 1. The van der Waals surface area contributed by atoms with Gasteiger partial charge in [0.15, 0.2) is 0 Å². The van der Waals surface area contributed by atoms with Gasteiger partial charge in [-0.15, -0.1) is 0 Å². The van der Waals surface area contributed by atoms with Crippen molar-refractivity contribution < 1.29 is 29.4 Å². The van der Waals surface area contributed by atoms with E-state index < -0.39 is 41.9 Å². The maximum absolute atomic E-state index is 12.8. The number of rotatable bonds is 14. The molecule has 3 unspecified atom stereocenters. The van der Waals surface area contributed by atoms with Gasteiger partial charge in [-0.1, -0.05) is 24.6 Å². The molecule has 0 spiro atoms. The number of aromatic nitrogens is 1. The van der Waals surface area contributed by atoms with Gasteiger partial charge in [0.25, 0.3) is 0 Å². The number of carboxylic acids is 2. The molecule has 3 atom stereocenters. The molecule has 0 bridgehead atoms. The van der Waals surface area contributed by atoms with Crippen LogP contribution in [-0.4, -0.2) is 63.6 Å². The van der Waals surface area contributed by atoms with E-state index in [-0.39, 0.29) is 19.3 Å². The van der Waals surface area contributed by atoms with Crippen molar-refractivity contribution in [2.24, 2.45) is 11.5 Å². The Labute approximate surface area is 190 Å². The van der Waals surface area contributed by atoms with Crippen LogP contribution in [0.25, 0.3) is 10.9 Å². The number of aromatic amines is 1. The standard InChI is InChI=1S/C22H31N5O6/c23-10-4-3-6-15(24)20(30)26-17(8-9-19(28)29)21(31)27-18(22(32)33)11-13-12-25-16-7-2-1-5-14(13)16/h1-2,5,7,12,15,17-18,25H,3-4,6,8-11,23-24H2,(H,26,30)(H,27,31)(H,28,29)(H,32,33). The number of amides is 2. The van der Waals surface area contributed by atoms with Gasteiger partial charge in [-0.3, -0.25) is 14.4 Å². The Morgan fingerprint density at radius 1 is 0.970 bits per heavy atom. The summed E-state index contributed by atoms with van der Waals surface area (Å²) in [4.78, 5) is 51.1. The van der Waals surface area contributed by atoms with E-state index in [9.17, 15) is 24.3 Å². The third kappa shape index (κ3) is 7.88. The van der Waals surface area contributed by atoms with Crippen molar-refractivity contribution >= 4 is 34.7 Å². The fourth-order valence-electron chi connectivity index (χ4n) is 3.45. The Hall–Kier alpha value is -3.44. The molecule has 11 heteroatoms. The molecule has 180 valence electrons. The average molecular weight is 462 g/mol. The van der Waals surface area contributed by atoms with Crippen molar-refractivity contribution in [1.29, 1.82) is 0 Å². The van der Waals surface area contributed by atoms with Crippen molar-refractivity contribution in [3.63, 3.8) is 0 Å². The van der Waals surface area contributed by atoms with Crippen molar-refractivity contribution in [2.75, 3.05) is 6.54 Å². The maximum Gasteiger partial charge on any atom is 0.326 e. The first kappa shape index (κ1) is 25.8. The summed E-state index contributed by atoms with van der Waals surface area (Å²) in [6.07, 6.45) is 2.76. The topological polar surface area (TPSA) is 201 Å². The number of benzene rings is 1. The molecule has 11 nitrogen and oxygen atoms in total. The Morgan fingerprint density at radius 2 is 1.67 bits per heavy atom. The number of para-hydroxylation sites is 1. The summed E-state index contributed by atoms with van der Waals surface area (Å²) in [5.41, 5.74) is 12.8. The van der Waals surface area contributed by atoms with E-state index in [1.54, 1.807) is 6.20 Å². The van der Waals surface area contributed by atoms with Gasteiger partial charge in [0.2, 0.25) is 11.8 Å². The summed E-state index contributed by atoms with van der Waals surface area (Å²) in [7, 11) is 0. The van der Waals surface area contributed by atoms with Crippen LogP contribution in [0.3, 0.4) is 0 Å². The summed E-state index contributed by atoms with van der Waals surface area (Å²) < 4.78 is 0. The van der Waals surface area contributed by atoms with Crippen LogP contribution in [0.15, 0.2) is 30.5 Å². The second kappa shape index (κ2) is 12.6. The van der Waals surface area contributed by atoms with Gasteiger partial charge in [0.1, 0.15) is 12.1 Å². The van der Waals surface area contributed by atoms with Crippen molar-refractivity contribution in [3.8, 4) is 0 Å². The smallest absolute Gasteiger partial charge is 0.326 e. The van der Waals surface area contributed by atoms with Gasteiger partial charge in [-0.2, -0.15) is 0 Å². The molecule has 2 amide bonds. The lowest BCUT2D eigenvalue weighted by atomic mass is 10.0. The van der Waals surface area contributed by atoms with Gasteiger partial charge >= 0.3 is 11.9 Å². The highest BCUT2D eigenvalue weighted by molar-refractivity contribution is 5.92. The fourth-order valence-corrected chi connectivity index (χ4v) is 3.45. The maximum atomic E-state index is 12.8. The number of carbonyl (C=O) groups is 4. The molecule has 0 saturated carbocycles. The first-order valence-electron chi connectivity index (χ1n) is 10.8. The zero-order valence-electron chi connectivity index (χ0n) is 18.3. The molecule has 1 aromatic carbocycles. The number of carbonyl (C=O) groups excluding carboxylic acids is 2. The minimum Gasteiger partial charge on any atom is -0.481 e. The number of aliphatic carboxylic acids is 2. The summed E-state index contributed by atoms with van der Waals surface area (Å²) in [5, 5.41) is 24.4. The number of hydrogen-bond donors (Lipinski definition) is 7. The second-order valence-corrected chi connectivity index (χ2v) is 7.85. The van der Waals surface area contributed by atoms with Crippen LogP contribution in [0.4, 0.5) is 0 Å². The molecule has 1 heterocycles. The van der Waals surface area contributed by atoms with Crippen LogP contribution in [0.1, 0.15) is 37.7 Å². The van der Waals surface area contributed by atoms with Crippen molar-refractivity contribution in [1.82, 2.24) is 15.6 Å². The highest BCUT2D eigenvalue weighted by atomic mass is 16.4. The van der Waals surface area contributed by atoms with Crippen LogP contribution >= 0.6 is 0 Å². The van der Waals surface area contributed by atoms with E-state index in [1.807, 2.05) is 24.3 Å². The Morgan fingerprint density at radius 3 is 2.33 bits per heavy atom. The van der Waals surface area contributed by atoms with Crippen LogP contribution in [0, 0.1) is 0 Å². The predicted molar refractivity (Wildman–Crippen MR) is 121 cm³/mol. The molecule has 2 aromatic rings. The molecule has 0 fully saturated rings. The Balaban J connectivity index is 2.09. The van der Waals surface area contributed by atoms with Crippen LogP contribution in [-0.2, 0) is 25.6 Å². The van der Waals surface area contributed by atoms with Gasteiger partial charge in [0, 0.05) is 29.9 Å². The van der Waals surface area contributed by atoms with Gasteiger partial charge in [-0.25, -0.2) is 4.79 Å². The number of hydrogen-bond acceptors (Lipinski definition) is 6. The van der Waals surface area contributed by atoms with Crippen LogP contribution < -0.4 is 22.1 Å². The summed E-state index contributed by atoms with van der Waals surface area (Å²) in [5.74, 6) is -3.80. The van der Waals surface area contributed by atoms with E-state index in [4.69, 9.17) is 16.6 Å². The Kier molecular flexibility index (Phi) is 9.83. The molecule has 1 aromatic heterocycles. The van der Waals surface area contributed by atoms with Crippen LogP contribution in [0.5, 0.6) is 0 Å². The lowest BCUT2D eigenvalue weighted by Gasteiger charge is -2.22. The molecule has 0 aliphatic rings. The Bertz CT molecular complexity index is 975.